The van der Waals surface area contributed by atoms with E-state index in [1.807, 2.05) is 12.1 Å². The van der Waals surface area contributed by atoms with Crippen LogP contribution < -0.4 is 5.32 Å². The first-order chi connectivity index (χ1) is 7.66. The second-order valence-corrected chi connectivity index (χ2v) is 5.75. The Morgan fingerprint density at radius 3 is 2.94 bits per heavy atom. The van der Waals surface area contributed by atoms with Crippen molar-refractivity contribution < 1.29 is 0 Å². The van der Waals surface area contributed by atoms with Gasteiger partial charge in [-0.15, -0.1) is 11.3 Å². The average molecular weight is 276 g/mol. The summed E-state index contributed by atoms with van der Waals surface area (Å²) in [6.45, 7) is 2.78. The zero-order valence-electron chi connectivity index (χ0n) is 8.63. The van der Waals surface area contributed by atoms with E-state index in [9.17, 15) is 0 Å². The van der Waals surface area contributed by atoms with Crippen molar-refractivity contribution in [3.63, 3.8) is 0 Å². The molecule has 0 bridgehead atoms. The van der Waals surface area contributed by atoms with Crippen molar-refractivity contribution in [2.45, 2.75) is 19.5 Å². The summed E-state index contributed by atoms with van der Waals surface area (Å²) >= 11 is 13.4. The van der Waals surface area contributed by atoms with Crippen molar-refractivity contribution in [1.29, 1.82) is 0 Å². The van der Waals surface area contributed by atoms with Crippen LogP contribution in [0.3, 0.4) is 0 Å². The lowest BCUT2D eigenvalue weighted by atomic mass is 10.2. The number of thiophene rings is 1. The van der Waals surface area contributed by atoms with E-state index in [1.54, 1.807) is 6.20 Å². The Kier molecular flexibility index (Phi) is 3.86. The molecule has 2 heterocycles. The lowest BCUT2D eigenvalue weighted by Gasteiger charge is -2.11. The molecular weight excluding hydrogens is 265 g/mol. The summed E-state index contributed by atoms with van der Waals surface area (Å²) in [5, 5.41) is 10.1. The molecule has 0 aliphatic rings. The zero-order valence-corrected chi connectivity index (χ0v) is 11.0. The Morgan fingerprint density at radius 2 is 2.38 bits per heavy atom. The first kappa shape index (κ1) is 11.9. The summed E-state index contributed by atoms with van der Waals surface area (Å²) in [7, 11) is 0. The number of nitrogens with one attached hydrogen (secondary N) is 2. The fourth-order valence-corrected chi connectivity index (χ4v) is 3.05. The van der Waals surface area contributed by atoms with Crippen LogP contribution in [0.15, 0.2) is 18.3 Å². The first-order valence-corrected chi connectivity index (χ1v) is 6.40. The summed E-state index contributed by atoms with van der Waals surface area (Å²) in [6.07, 6.45) is 1.73. The van der Waals surface area contributed by atoms with E-state index in [1.165, 1.54) is 11.3 Å². The van der Waals surface area contributed by atoms with Gasteiger partial charge in [0.05, 0.1) is 8.67 Å². The van der Waals surface area contributed by atoms with Gasteiger partial charge in [-0.2, -0.15) is 5.10 Å². The van der Waals surface area contributed by atoms with Crippen molar-refractivity contribution in [3.8, 4) is 0 Å². The van der Waals surface area contributed by atoms with E-state index in [-0.39, 0.29) is 6.04 Å². The number of nitrogens with zero attached hydrogens (tertiary/aromatic N) is 1. The molecule has 0 fully saturated rings. The molecule has 6 heteroatoms. The topological polar surface area (TPSA) is 40.7 Å². The minimum atomic E-state index is 0.166. The van der Waals surface area contributed by atoms with Gasteiger partial charge in [0.15, 0.2) is 0 Å². The summed E-state index contributed by atoms with van der Waals surface area (Å²) in [5.41, 5.74) is 2.08. The van der Waals surface area contributed by atoms with E-state index in [0.717, 1.165) is 26.5 Å². The summed E-state index contributed by atoms with van der Waals surface area (Å²) < 4.78 is 1.46. The minimum Gasteiger partial charge on any atom is -0.305 e. The third kappa shape index (κ3) is 2.77. The number of H-pyrrole nitrogens is 1. The van der Waals surface area contributed by atoms with Crippen LogP contribution in [-0.2, 0) is 6.54 Å². The molecule has 3 nitrogen and oxygen atoms in total. The monoisotopic (exact) mass is 275 g/mol. The summed E-state index contributed by atoms with van der Waals surface area (Å²) in [6, 6.07) is 4.00. The lowest BCUT2D eigenvalue weighted by Crippen LogP contribution is -2.18. The maximum absolute atomic E-state index is 6.07. The molecule has 2 rings (SSSR count). The average Bonchev–Trinajstić information content (AvgIpc) is 2.84. The van der Waals surface area contributed by atoms with Gasteiger partial charge in [0.1, 0.15) is 0 Å². The maximum Gasteiger partial charge on any atom is 0.0991 e. The molecule has 0 radical (unpaired) electrons. The molecule has 1 atom stereocenters. The van der Waals surface area contributed by atoms with Gasteiger partial charge in [0, 0.05) is 24.5 Å². The highest BCUT2D eigenvalue weighted by atomic mass is 35.5. The van der Waals surface area contributed by atoms with Gasteiger partial charge >= 0.3 is 0 Å². The van der Waals surface area contributed by atoms with Crippen molar-refractivity contribution in [3.05, 3.63) is 38.3 Å². The zero-order chi connectivity index (χ0) is 11.5. The Labute approximate surface area is 108 Å². The molecule has 0 aromatic carbocycles. The van der Waals surface area contributed by atoms with Crippen LogP contribution in [0.5, 0.6) is 0 Å². The third-order valence-electron chi connectivity index (χ3n) is 2.31. The van der Waals surface area contributed by atoms with Crippen LogP contribution in [0.25, 0.3) is 0 Å². The summed E-state index contributed by atoms with van der Waals surface area (Å²) in [5.74, 6) is 0. The number of hydrogen-bond donors (Lipinski definition) is 2. The van der Waals surface area contributed by atoms with Crippen molar-refractivity contribution in [1.82, 2.24) is 15.5 Å². The van der Waals surface area contributed by atoms with E-state index in [4.69, 9.17) is 23.2 Å². The highest BCUT2D eigenvalue weighted by molar-refractivity contribution is 7.20. The van der Waals surface area contributed by atoms with Crippen LogP contribution in [0.4, 0.5) is 0 Å². The smallest absolute Gasteiger partial charge is 0.0991 e. The normalized spacial score (nSPS) is 12.9. The SMILES string of the molecule is CC(NCc1ccn[nH]1)c1cc(Cl)sc1Cl. The lowest BCUT2D eigenvalue weighted by molar-refractivity contribution is 0.568. The van der Waals surface area contributed by atoms with Crippen LogP contribution in [0.1, 0.15) is 24.2 Å². The first-order valence-electron chi connectivity index (χ1n) is 4.83. The highest BCUT2D eigenvalue weighted by Gasteiger charge is 2.12. The molecule has 86 valence electrons. The molecule has 0 aliphatic carbocycles. The van der Waals surface area contributed by atoms with E-state index in [2.05, 4.69) is 22.4 Å². The Balaban J connectivity index is 1.98. The van der Waals surface area contributed by atoms with E-state index in [0.29, 0.717) is 0 Å². The number of hydrogen-bond acceptors (Lipinski definition) is 3. The minimum absolute atomic E-state index is 0.166. The van der Waals surface area contributed by atoms with Crippen LogP contribution in [0, 0.1) is 0 Å². The third-order valence-corrected chi connectivity index (χ3v) is 3.82. The van der Waals surface area contributed by atoms with Crippen molar-refractivity contribution in [2.24, 2.45) is 0 Å². The van der Waals surface area contributed by atoms with Crippen LogP contribution in [0.2, 0.25) is 8.67 Å². The summed E-state index contributed by atoms with van der Waals surface area (Å²) in [4.78, 5) is 0. The standard InChI is InChI=1S/C10H11Cl2N3S/c1-6(8-4-9(11)16-10(8)12)13-5-7-2-3-14-15-7/h2-4,6,13H,5H2,1H3,(H,14,15). The number of halogens is 2. The number of aromatic nitrogens is 2. The largest absolute Gasteiger partial charge is 0.305 e. The molecule has 0 saturated heterocycles. The van der Waals surface area contributed by atoms with E-state index >= 15 is 0 Å². The molecule has 2 N–H and O–H groups in total. The molecule has 1 unspecified atom stereocenters. The van der Waals surface area contributed by atoms with Gasteiger partial charge in [-0.25, -0.2) is 0 Å². The molecule has 0 spiro atoms. The maximum atomic E-state index is 6.07. The van der Waals surface area contributed by atoms with Gasteiger partial charge in [0.25, 0.3) is 0 Å². The van der Waals surface area contributed by atoms with Gasteiger partial charge in [0.2, 0.25) is 0 Å². The molecule has 2 aromatic rings. The predicted octanol–water partition coefficient (Wildman–Crippen LogP) is 3.63. The molecule has 0 saturated carbocycles. The Hall–Kier alpha value is -0.550. The number of rotatable bonds is 4. The van der Waals surface area contributed by atoms with Crippen LogP contribution in [-0.4, -0.2) is 10.2 Å². The van der Waals surface area contributed by atoms with Gasteiger partial charge in [-0.1, -0.05) is 23.2 Å². The van der Waals surface area contributed by atoms with Crippen molar-refractivity contribution >= 4 is 34.5 Å². The number of aromatic amines is 1. The van der Waals surface area contributed by atoms with Crippen LogP contribution >= 0.6 is 34.5 Å². The second kappa shape index (κ2) is 5.19. The quantitative estimate of drug-likeness (QED) is 0.895. The van der Waals surface area contributed by atoms with Crippen molar-refractivity contribution in [2.75, 3.05) is 0 Å². The van der Waals surface area contributed by atoms with Gasteiger partial charge in [-0.05, 0) is 24.6 Å². The molecule has 0 aliphatic heterocycles. The molecule has 16 heavy (non-hydrogen) atoms. The molecular formula is C10H11Cl2N3S. The van der Waals surface area contributed by atoms with Gasteiger partial charge < -0.3 is 5.32 Å². The predicted molar refractivity (Wildman–Crippen MR) is 68.2 cm³/mol. The van der Waals surface area contributed by atoms with E-state index < -0.39 is 0 Å². The highest BCUT2D eigenvalue weighted by Crippen LogP contribution is 2.34. The second-order valence-electron chi connectivity index (χ2n) is 3.46. The molecule has 0 amide bonds. The Bertz CT molecular complexity index is 453. The fourth-order valence-electron chi connectivity index (χ4n) is 1.40. The molecule has 2 aromatic heterocycles. The Morgan fingerprint density at radius 1 is 1.56 bits per heavy atom. The fraction of sp³-hybridized carbons (Fsp3) is 0.300. The van der Waals surface area contributed by atoms with Gasteiger partial charge in [-0.3, -0.25) is 5.10 Å².